The van der Waals surface area contributed by atoms with Crippen molar-refractivity contribution >= 4 is 39.6 Å². The molecule has 0 unspecified atom stereocenters. The molecule has 0 atom stereocenters. The quantitative estimate of drug-likeness (QED) is 0.579. The van der Waals surface area contributed by atoms with Crippen molar-refractivity contribution in [3.05, 3.63) is 38.4 Å². The van der Waals surface area contributed by atoms with E-state index in [2.05, 4.69) is 5.32 Å². The molecule has 0 fully saturated rings. The van der Waals surface area contributed by atoms with Crippen LogP contribution in [0, 0.1) is 0 Å². The molecule has 4 nitrogen and oxygen atoms in total. The Kier molecular flexibility index (Phi) is 8.10. The molecule has 1 N–H and O–H groups in total. The Bertz CT molecular complexity index is 780. The Morgan fingerprint density at radius 2 is 1.71 bits per heavy atom. The Morgan fingerprint density at radius 3 is 2.36 bits per heavy atom. The summed E-state index contributed by atoms with van der Waals surface area (Å²) >= 11 is 2.97. The van der Waals surface area contributed by atoms with E-state index in [1.165, 1.54) is 54.7 Å². The smallest absolute Gasteiger partial charge is 0.341 e. The topological polar surface area (TPSA) is 55.4 Å². The van der Waals surface area contributed by atoms with Gasteiger partial charge in [-0.1, -0.05) is 44.6 Å². The van der Waals surface area contributed by atoms with Crippen molar-refractivity contribution in [1.82, 2.24) is 0 Å². The summed E-state index contributed by atoms with van der Waals surface area (Å²) in [5.74, 6) is -0.466. The van der Waals surface area contributed by atoms with E-state index in [4.69, 9.17) is 4.74 Å². The van der Waals surface area contributed by atoms with Crippen molar-refractivity contribution < 1.29 is 14.3 Å². The fourth-order valence-electron chi connectivity index (χ4n) is 3.71. The first-order valence-electron chi connectivity index (χ1n) is 10.4. The number of ether oxygens (including phenoxy) is 1. The van der Waals surface area contributed by atoms with E-state index in [0.29, 0.717) is 22.0 Å². The number of carbonyl (C=O) groups is 2. The van der Waals surface area contributed by atoms with Crippen LogP contribution in [0.4, 0.5) is 5.00 Å². The van der Waals surface area contributed by atoms with Crippen LogP contribution >= 0.6 is 22.7 Å². The van der Waals surface area contributed by atoms with Crippen LogP contribution < -0.4 is 5.32 Å². The first kappa shape index (κ1) is 21.1. The molecule has 28 heavy (non-hydrogen) atoms. The molecule has 0 saturated carbocycles. The lowest BCUT2D eigenvalue weighted by atomic mass is 9.97. The lowest BCUT2D eigenvalue weighted by molar-refractivity contribution is 0.0526. The van der Waals surface area contributed by atoms with E-state index in [9.17, 15) is 9.59 Å². The molecule has 0 saturated heterocycles. The summed E-state index contributed by atoms with van der Waals surface area (Å²) in [4.78, 5) is 27.3. The first-order valence-corrected chi connectivity index (χ1v) is 12.1. The molecule has 0 radical (unpaired) electrons. The summed E-state index contributed by atoms with van der Waals surface area (Å²) < 4.78 is 5.36. The van der Waals surface area contributed by atoms with Gasteiger partial charge in [-0.15, -0.1) is 22.7 Å². The fraction of sp³-hybridized carbons (Fsp3) is 0.545. The molecule has 6 heteroatoms. The van der Waals surface area contributed by atoms with Gasteiger partial charge in [-0.3, -0.25) is 4.79 Å². The molecular formula is C22H29NO3S2. The number of amides is 1. The summed E-state index contributed by atoms with van der Waals surface area (Å²) in [6.07, 6.45) is 11.7. The molecule has 152 valence electrons. The Balaban J connectivity index is 1.91. The van der Waals surface area contributed by atoms with Gasteiger partial charge in [-0.05, 0) is 49.6 Å². The van der Waals surface area contributed by atoms with E-state index in [1.807, 2.05) is 18.4 Å². The molecule has 3 rings (SSSR count). The van der Waals surface area contributed by atoms with Gasteiger partial charge in [0.05, 0.1) is 17.0 Å². The number of hydrogen-bond acceptors (Lipinski definition) is 5. The SMILES string of the molecule is CCOC(=O)c1c(NC(=O)c2cccs2)sc2c1CCCCCCCCCC2. The lowest BCUT2D eigenvalue weighted by Gasteiger charge is -2.10. The third-order valence-corrected chi connectivity index (χ3v) is 7.20. The highest BCUT2D eigenvalue weighted by molar-refractivity contribution is 7.17. The second-order valence-electron chi connectivity index (χ2n) is 7.19. The summed E-state index contributed by atoms with van der Waals surface area (Å²) in [6, 6.07) is 3.66. The zero-order valence-electron chi connectivity index (χ0n) is 16.6. The van der Waals surface area contributed by atoms with Gasteiger partial charge in [-0.25, -0.2) is 4.79 Å². The van der Waals surface area contributed by atoms with Gasteiger partial charge < -0.3 is 10.1 Å². The molecule has 0 bridgehead atoms. The fourth-order valence-corrected chi connectivity index (χ4v) is 5.60. The molecule has 2 aromatic heterocycles. The van der Waals surface area contributed by atoms with Gasteiger partial charge in [0.1, 0.15) is 5.00 Å². The predicted octanol–water partition coefficient (Wildman–Crippen LogP) is 6.46. The van der Waals surface area contributed by atoms with Crippen LogP contribution in [0.2, 0.25) is 0 Å². The average molecular weight is 420 g/mol. The maximum absolute atomic E-state index is 12.8. The standard InChI is InChI=1S/C22H29NO3S2/c1-2-26-22(25)19-16-12-9-7-5-3-4-6-8-10-13-17(16)28-21(19)23-20(24)18-14-11-15-27-18/h11,14-15H,2-10,12-13H2,1H3,(H,23,24). The van der Waals surface area contributed by atoms with E-state index >= 15 is 0 Å². The molecule has 0 aliphatic heterocycles. The van der Waals surface area contributed by atoms with Crippen molar-refractivity contribution in [2.75, 3.05) is 11.9 Å². The van der Waals surface area contributed by atoms with Crippen LogP contribution in [0.1, 0.15) is 88.8 Å². The van der Waals surface area contributed by atoms with Crippen molar-refractivity contribution in [3.63, 3.8) is 0 Å². The molecule has 0 spiro atoms. The third kappa shape index (κ3) is 5.45. The number of hydrogen-bond donors (Lipinski definition) is 1. The molecular weight excluding hydrogens is 390 g/mol. The zero-order valence-corrected chi connectivity index (χ0v) is 18.2. The van der Waals surface area contributed by atoms with E-state index in [1.54, 1.807) is 17.4 Å². The predicted molar refractivity (Wildman–Crippen MR) is 117 cm³/mol. The van der Waals surface area contributed by atoms with Crippen molar-refractivity contribution in [2.45, 2.75) is 71.1 Å². The lowest BCUT2D eigenvalue weighted by Crippen LogP contribution is -2.14. The van der Waals surface area contributed by atoms with Crippen molar-refractivity contribution in [1.29, 1.82) is 0 Å². The molecule has 2 aromatic rings. The number of esters is 1. The van der Waals surface area contributed by atoms with Crippen LogP contribution in [0.25, 0.3) is 0 Å². The van der Waals surface area contributed by atoms with Gasteiger partial charge in [0.15, 0.2) is 0 Å². The number of aryl methyl sites for hydroxylation is 1. The zero-order chi connectivity index (χ0) is 19.8. The molecule has 1 amide bonds. The normalized spacial score (nSPS) is 15.8. The number of carbonyl (C=O) groups excluding carboxylic acids is 2. The Hall–Kier alpha value is -1.66. The summed E-state index contributed by atoms with van der Waals surface area (Å²) in [6.45, 7) is 2.16. The minimum atomic E-state index is -0.312. The summed E-state index contributed by atoms with van der Waals surface area (Å²) in [5.41, 5.74) is 1.69. The monoisotopic (exact) mass is 419 g/mol. The highest BCUT2D eigenvalue weighted by Crippen LogP contribution is 2.37. The third-order valence-electron chi connectivity index (χ3n) is 5.12. The van der Waals surface area contributed by atoms with Crippen molar-refractivity contribution in [3.8, 4) is 0 Å². The highest BCUT2D eigenvalue weighted by Gasteiger charge is 2.26. The van der Waals surface area contributed by atoms with Crippen molar-refractivity contribution in [2.24, 2.45) is 0 Å². The maximum Gasteiger partial charge on any atom is 0.341 e. The Morgan fingerprint density at radius 1 is 1.04 bits per heavy atom. The maximum atomic E-state index is 12.8. The minimum Gasteiger partial charge on any atom is -0.462 e. The molecule has 1 aliphatic rings. The van der Waals surface area contributed by atoms with Gasteiger partial charge >= 0.3 is 5.97 Å². The largest absolute Gasteiger partial charge is 0.462 e. The van der Waals surface area contributed by atoms with E-state index in [-0.39, 0.29) is 11.9 Å². The Labute approximate surface area is 175 Å². The number of thiophene rings is 2. The second kappa shape index (κ2) is 10.8. The number of anilines is 1. The summed E-state index contributed by atoms with van der Waals surface area (Å²) in [5, 5.41) is 5.53. The number of nitrogens with one attached hydrogen (secondary N) is 1. The minimum absolute atomic E-state index is 0.155. The van der Waals surface area contributed by atoms with Crippen LogP contribution in [0.15, 0.2) is 17.5 Å². The number of fused-ring (bicyclic) bond motifs is 1. The van der Waals surface area contributed by atoms with Gasteiger partial charge in [0, 0.05) is 4.88 Å². The van der Waals surface area contributed by atoms with E-state index in [0.717, 1.165) is 31.2 Å². The van der Waals surface area contributed by atoms with Crippen LogP contribution in [0.5, 0.6) is 0 Å². The number of rotatable bonds is 4. The molecule has 1 aliphatic carbocycles. The molecule has 2 heterocycles. The van der Waals surface area contributed by atoms with E-state index < -0.39 is 0 Å². The van der Waals surface area contributed by atoms with Crippen LogP contribution in [0.3, 0.4) is 0 Å². The average Bonchev–Trinajstić information content (AvgIpc) is 3.30. The molecule has 0 aromatic carbocycles. The van der Waals surface area contributed by atoms with Gasteiger partial charge in [-0.2, -0.15) is 0 Å². The second-order valence-corrected chi connectivity index (χ2v) is 9.24. The first-order chi connectivity index (χ1) is 13.7. The van der Waals surface area contributed by atoms with Crippen LogP contribution in [-0.2, 0) is 17.6 Å². The van der Waals surface area contributed by atoms with Gasteiger partial charge in [0.2, 0.25) is 0 Å². The summed E-state index contributed by atoms with van der Waals surface area (Å²) in [7, 11) is 0. The van der Waals surface area contributed by atoms with Gasteiger partial charge in [0.25, 0.3) is 5.91 Å². The van der Waals surface area contributed by atoms with Crippen LogP contribution in [-0.4, -0.2) is 18.5 Å². The highest BCUT2D eigenvalue weighted by atomic mass is 32.1.